The minimum Gasteiger partial charge on any atom is -0.497 e. The average Bonchev–Trinajstić information content (AvgIpc) is 3.44. The van der Waals surface area contributed by atoms with Gasteiger partial charge in [-0.2, -0.15) is 0 Å². The summed E-state index contributed by atoms with van der Waals surface area (Å²) in [4.78, 5) is 29.8. The Balaban J connectivity index is 1.69. The van der Waals surface area contributed by atoms with Crippen LogP contribution in [0.15, 0.2) is 42.6 Å². The number of aromatic nitrogens is 2. The molecule has 0 radical (unpaired) electrons. The highest BCUT2D eigenvalue weighted by Gasteiger charge is 2.27. The van der Waals surface area contributed by atoms with Crippen molar-refractivity contribution in [2.75, 3.05) is 19.5 Å². The molecule has 0 saturated heterocycles. The smallest absolute Gasteiger partial charge is 0.287 e. The summed E-state index contributed by atoms with van der Waals surface area (Å²) in [5.74, 6) is 0.521. The molecule has 0 bridgehead atoms. The molecule has 0 atom stereocenters. The van der Waals surface area contributed by atoms with Gasteiger partial charge in [0, 0.05) is 18.3 Å². The van der Waals surface area contributed by atoms with Crippen LogP contribution in [-0.2, 0) is 0 Å². The molecule has 1 saturated carbocycles. The van der Waals surface area contributed by atoms with Gasteiger partial charge in [-0.1, -0.05) is 6.07 Å². The van der Waals surface area contributed by atoms with Crippen molar-refractivity contribution in [3.63, 3.8) is 0 Å². The lowest BCUT2D eigenvalue weighted by molar-refractivity contribution is 0.0940. The third-order valence-electron chi connectivity index (χ3n) is 4.53. The standard InChI is InChI=1S/C20H20N4O4/c1-27-13-8-9-16(28-2)14(11-13)22-19(25)17-15-5-3-4-10-24(15)18(23-17)20(26)21-12-6-7-12/h3-5,8-12H,6-7H2,1-2H3,(H,21,26)(H,22,25). The number of rotatable bonds is 6. The molecule has 1 fully saturated rings. The lowest BCUT2D eigenvalue weighted by Crippen LogP contribution is -2.27. The van der Waals surface area contributed by atoms with Gasteiger partial charge in [-0.25, -0.2) is 4.98 Å². The van der Waals surface area contributed by atoms with E-state index >= 15 is 0 Å². The van der Waals surface area contributed by atoms with E-state index in [2.05, 4.69) is 15.6 Å². The molecule has 1 aliphatic rings. The molecule has 2 aromatic heterocycles. The fraction of sp³-hybridized carbons (Fsp3) is 0.250. The van der Waals surface area contributed by atoms with Crippen LogP contribution in [0.1, 0.15) is 33.9 Å². The minimum absolute atomic E-state index is 0.159. The first-order chi connectivity index (χ1) is 13.6. The second-order valence-corrected chi connectivity index (χ2v) is 6.51. The van der Waals surface area contributed by atoms with Gasteiger partial charge in [0.05, 0.1) is 25.4 Å². The SMILES string of the molecule is COc1ccc(OC)c(NC(=O)c2nc(C(=O)NC3CC3)n3ccccc23)c1. The summed E-state index contributed by atoms with van der Waals surface area (Å²) in [6.45, 7) is 0. The number of pyridine rings is 1. The third-order valence-corrected chi connectivity index (χ3v) is 4.53. The summed E-state index contributed by atoms with van der Waals surface area (Å²) in [6, 6.07) is 10.6. The van der Waals surface area contributed by atoms with Crippen LogP contribution in [0, 0.1) is 0 Å². The molecule has 28 heavy (non-hydrogen) atoms. The van der Waals surface area contributed by atoms with Crippen LogP contribution in [0.3, 0.4) is 0 Å². The zero-order chi connectivity index (χ0) is 19.7. The van der Waals surface area contributed by atoms with E-state index < -0.39 is 5.91 Å². The Morgan fingerprint density at radius 2 is 1.93 bits per heavy atom. The number of amides is 2. The van der Waals surface area contributed by atoms with Crippen molar-refractivity contribution < 1.29 is 19.1 Å². The third kappa shape index (κ3) is 3.36. The maximum Gasteiger partial charge on any atom is 0.287 e. The maximum absolute atomic E-state index is 13.0. The Kier molecular flexibility index (Phi) is 4.60. The van der Waals surface area contributed by atoms with Gasteiger partial charge in [-0.3, -0.25) is 14.0 Å². The quantitative estimate of drug-likeness (QED) is 0.685. The Morgan fingerprint density at radius 3 is 2.64 bits per heavy atom. The van der Waals surface area contributed by atoms with Gasteiger partial charge in [-0.15, -0.1) is 0 Å². The number of nitrogens with zero attached hydrogens (tertiary/aromatic N) is 2. The summed E-state index contributed by atoms with van der Waals surface area (Å²) >= 11 is 0. The molecule has 0 unspecified atom stereocenters. The molecule has 2 N–H and O–H groups in total. The van der Waals surface area contributed by atoms with E-state index in [0.717, 1.165) is 12.8 Å². The first kappa shape index (κ1) is 17.8. The molecule has 2 amide bonds. The number of methoxy groups -OCH3 is 2. The number of fused-ring (bicyclic) bond motifs is 1. The van der Waals surface area contributed by atoms with Crippen LogP contribution in [-0.4, -0.2) is 41.5 Å². The topological polar surface area (TPSA) is 94.0 Å². The summed E-state index contributed by atoms with van der Waals surface area (Å²) < 4.78 is 12.1. The molecule has 0 aliphatic heterocycles. The normalized spacial score (nSPS) is 13.2. The number of nitrogens with one attached hydrogen (secondary N) is 2. The zero-order valence-electron chi connectivity index (χ0n) is 15.6. The summed E-state index contributed by atoms with van der Waals surface area (Å²) in [5, 5.41) is 5.71. The number of ether oxygens (including phenoxy) is 2. The number of benzene rings is 1. The van der Waals surface area contributed by atoms with Crippen molar-refractivity contribution in [3.05, 3.63) is 54.1 Å². The summed E-state index contributed by atoms with van der Waals surface area (Å²) in [5.41, 5.74) is 1.15. The van der Waals surface area contributed by atoms with Crippen molar-refractivity contribution in [2.24, 2.45) is 0 Å². The van der Waals surface area contributed by atoms with Crippen molar-refractivity contribution in [3.8, 4) is 11.5 Å². The molecule has 144 valence electrons. The fourth-order valence-electron chi connectivity index (χ4n) is 2.94. The molecular formula is C20H20N4O4. The van der Waals surface area contributed by atoms with Crippen LogP contribution in [0.25, 0.3) is 5.52 Å². The van der Waals surface area contributed by atoms with Crippen molar-refractivity contribution in [2.45, 2.75) is 18.9 Å². The second kappa shape index (κ2) is 7.22. The van der Waals surface area contributed by atoms with Crippen molar-refractivity contribution >= 4 is 23.0 Å². The first-order valence-corrected chi connectivity index (χ1v) is 8.92. The Hall–Kier alpha value is -3.55. The molecule has 3 aromatic rings. The molecule has 1 aliphatic carbocycles. The first-order valence-electron chi connectivity index (χ1n) is 8.92. The monoisotopic (exact) mass is 380 g/mol. The van der Waals surface area contributed by atoms with E-state index in [-0.39, 0.29) is 23.5 Å². The molecule has 0 spiro atoms. The number of anilines is 1. The fourth-order valence-corrected chi connectivity index (χ4v) is 2.94. The van der Waals surface area contributed by atoms with Gasteiger partial charge >= 0.3 is 0 Å². The van der Waals surface area contributed by atoms with Crippen LogP contribution < -0.4 is 20.1 Å². The van der Waals surface area contributed by atoms with Gasteiger partial charge in [0.15, 0.2) is 5.69 Å². The molecule has 8 nitrogen and oxygen atoms in total. The molecule has 4 rings (SSSR count). The number of hydrogen-bond acceptors (Lipinski definition) is 5. The van der Waals surface area contributed by atoms with E-state index in [1.165, 1.54) is 7.11 Å². The minimum atomic E-state index is -0.444. The largest absolute Gasteiger partial charge is 0.497 e. The average molecular weight is 380 g/mol. The van der Waals surface area contributed by atoms with E-state index in [4.69, 9.17) is 9.47 Å². The van der Waals surface area contributed by atoms with E-state index in [1.807, 2.05) is 0 Å². The number of hydrogen-bond donors (Lipinski definition) is 2. The van der Waals surface area contributed by atoms with Crippen LogP contribution >= 0.6 is 0 Å². The maximum atomic E-state index is 13.0. The molecule has 8 heteroatoms. The van der Waals surface area contributed by atoms with Gasteiger partial charge in [0.2, 0.25) is 5.82 Å². The molecule has 2 heterocycles. The highest BCUT2D eigenvalue weighted by Crippen LogP contribution is 2.29. The van der Waals surface area contributed by atoms with E-state index in [0.29, 0.717) is 22.7 Å². The van der Waals surface area contributed by atoms with Crippen LogP contribution in [0.2, 0.25) is 0 Å². The summed E-state index contributed by atoms with van der Waals surface area (Å²) in [6.07, 6.45) is 3.66. The highest BCUT2D eigenvalue weighted by molar-refractivity contribution is 6.09. The Labute approximate surface area is 161 Å². The number of imidazole rings is 1. The van der Waals surface area contributed by atoms with Gasteiger partial charge in [0.25, 0.3) is 11.8 Å². The molecular weight excluding hydrogens is 360 g/mol. The second-order valence-electron chi connectivity index (χ2n) is 6.51. The number of carbonyl (C=O) groups is 2. The number of carbonyl (C=O) groups excluding carboxylic acids is 2. The van der Waals surface area contributed by atoms with Gasteiger partial charge in [-0.05, 0) is 37.1 Å². The summed E-state index contributed by atoms with van der Waals surface area (Å²) in [7, 11) is 3.06. The Morgan fingerprint density at radius 1 is 1.11 bits per heavy atom. The zero-order valence-corrected chi connectivity index (χ0v) is 15.6. The predicted octanol–water partition coefficient (Wildman–Crippen LogP) is 2.50. The van der Waals surface area contributed by atoms with E-state index in [1.54, 1.807) is 54.1 Å². The van der Waals surface area contributed by atoms with E-state index in [9.17, 15) is 9.59 Å². The van der Waals surface area contributed by atoms with Crippen molar-refractivity contribution in [1.29, 1.82) is 0 Å². The molecule has 1 aromatic carbocycles. The van der Waals surface area contributed by atoms with Crippen LogP contribution in [0.5, 0.6) is 11.5 Å². The lowest BCUT2D eigenvalue weighted by atomic mass is 10.2. The van der Waals surface area contributed by atoms with Gasteiger partial charge < -0.3 is 20.1 Å². The van der Waals surface area contributed by atoms with Gasteiger partial charge in [0.1, 0.15) is 11.5 Å². The highest BCUT2D eigenvalue weighted by atomic mass is 16.5. The Bertz CT molecular complexity index is 1060. The predicted molar refractivity (Wildman–Crippen MR) is 103 cm³/mol. The van der Waals surface area contributed by atoms with Crippen LogP contribution in [0.4, 0.5) is 5.69 Å². The van der Waals surface area contributed by atoms with Crippen molar-refractivity contribution in [1.82, 2.24) is 14.7 Å². The lowest BCUT2D eigenvalue weighted by Gasteiger charge is -2.11.